The van der Waals surface area contributed by atoms with E-state index in [1.165, 1.54) is 23.5 Å². The van der Waals surface area contributed by atoms with Crippen molar-refractivity contribution < 1.29 is 9.18 Å². The molecule has 3 nitrogen and oxygen atoms in total. The second-order valence-electron chi connectivity index (χ2n) is 2.57. The van der Waals surface area contributed by atoms with Gasteiger partial charge in [0.2, 0.25) is 0 Å². The molecule has 0 aliphatic rings. The molecule has 0 amide bonds. The summed E-state index contributed by atoms with van der Waals surface area (Å²) in [6, 6.07) is 5.89. The van der Waals surface area contributed by atoms with E-state index in [4.69, 9.17) is 0 Å². The van der Waals surface area contributed by atoms with E-state index >= 15 is 0 Å². The maximum Gasteiger partial charge on any atom is 0.180 e. The van der Waals surface area contributed by atoms with Crippen molar-refractivity contribution in [2.24, 2.45) is 0 Å². The van der Waals surface area contributed by atoms with Crippen LogP contribution in [-0.2, 0) is 0 Å². The summed E-state index contributed by atoms with van der Waals surface area (Å²) in [6.07, 6.45) is 0.644. The second-order valence-corrected chi connectivity index (χ2v) is 3.58. The molecule has 1 aromatic heterocycles. The molecule has 0 N–H and O–H groups in total. The monoisotopic (exact) mass is 238 g/mol. The smallest absolute Gasteiger partial charge is 0.180 e. The van der Waals surface area contributed by atoms with Crippen molar-refractivity contribution in [2.45, 2.75) is 13.8 Å². The van der Waals surface area contributed by atoms with E-state index in [-0.39, 0.29) is 5.82 Å². The Kier molecular flexibility index (Phi) is 4.72. The summed E-state index contributed by atoms with van der Waals surface area (Å²) in [5, 5.41) is 8.38. The SMILES string of the molecule is CC.O=Cc1nnc(-c2ccc(F)cc2)s1. The van der Waals surface area contributed by atoms with Gasteiger partial charge in [-0.2, -0.15) is 0 Å². The number of aromatic nitrogens is 2. The number of carbonyl (C=O) groups excluding carboxylic acids is 1. The van der Waals surface area contributed by atoms with Crippen LogP contribution in [0.1, 0.15) is 23.6 Å². The third-order valence-electron chi connectivity index (χ3n) is 1.63. The van der Waals surface area contributed by atoms with Crippen LogP contribution in [0.15, 0.2) is 24.3 Å². The Morgan fingerprint density at radius 3 is 2.31 bits per heavy atom. The largest absolute Gasteiger partial charge is 0.295 e. The number of hydrogen-bond donors (Lipinski definition) is 0. The topological polar surface area (TPSA) is 42.9 Å². The first kappa shape index (κ1) is 12.4. The zero-order valence-electron chi connectivity index (χ0n) is 8.98. The van der Waals surface area contributed by atoms with Gasteiger partial charge in [0.05, 0.1) is 0 Å². The van der Waals surface area contributed by atoms with Crippen molar-refractivity contribution in [3.63, 3.8) is 0 Å². The minimum Gasteiger partial charge on any atom is -0.295 e. The summed E-state index contributed by atoms with van der Waals surface area (Å²) in [5.41, 5.74) is 0.761. The summed E-state index contributed by atoms with van der Waals surface area (Å²) in [5.74, 6) is -0.297. The Hall–Kier alpha value is -1.62. The fraction of sp³-hybridized carbons (Fsp3) is 0.182. The van der Waals surface area contributed by atoms with Crippen LogP contribution in [0.4, 0.5) is 4.39 Å². The molecule has 0 saturated carbocycles. The van der Waals surface area contributed by atoms with Crippen LogP contribution >= 0.6 is 11.3 Å². The fourth-order valence-corrected chi connectivity index (χ4v) is 1.65. The van der Waals surface area contributed by atoms with E-state index in [1.807, 2.05) is 13.8 Å². The third-order valence-corrected chi connectivity index (χ3v) is 2.53. The molecule has 2 rings (SSSR count). The van der Waals surface area contributed by atoms with Crippen molar-refractivity contribution in [2.75, 3.05) is 0 Å². The van der Waals surface area contributed by atoms with Crippen molar-refractivity contribution in [1.82, 2.24) is 10.2 Å². The van der Waals surface area contributed by atoms with Crippen LogP contribution in [0.2, 0.25) is 0 Å². The average molecular weight is 238 g/mol. The second kappa shape index (κ2) is 6.07. The molecule has 0 saturated heterocycles. The van der Waals surface area contributed by atoms with Crippen LogP contribution in [0, 0.1) is 5.82 Å². The van der Waals surface area contributed by atoms with Gasteiger partial charge in [-0.15, -0.1) is 10.2 Å². The molecule has 16 heavy (non-hydrogen) atoms. The number of nitrogens with zero attached hydrogens (tertiary/aromatic N) is 2. The molecule has 5 heteroatoms. The van der Waals surface area contributed by atoms with Gasteiger partial charge in [0.15, 0.2) is 11.3 Å². The zero-order valence-corrected chi connectivity index (χ0v) is 9.79. The van der Waals surface area contributed by atoms with Crippen LogP contribution in [0.5, 0.6) is 0 Å². The predicted octanol–water partition coefficient (Wildman–Crippen LogP) is 3.18. The molecule has 0 atom stereocenters. The van der Waals surface area contributed by atoms with Gasteiger partial charge in [-0.25, -0.2) is 4.39 Å². The van der Waals surface area contributed by atoms with E-state index in [9.17, 15) is 9.18 Å². The lowest BCUT2D eigenvalue weighted by Crippen LogP contribution is -1.78. The zero-order chi connectivity index (χ0) is 12.0. The lowest BCUT2D eigenvalue weighted by atomic mass is 10.2. The predicted molar refractivity (Wildman–Crippen MR) is 62.0 cm³/mol. The highest BCUT2D eigenvalue weighted by atomic mass is 32.1. The highest BCUT2D eigenvalue weighted by Crippen LogP contribution is 2.22. The van der Waals surface area contributed by atoms with Crippen molar-refractivity contribution >= 4 is 17.6 Å². The van der Waals surface area contributed by atoms with E-state index in [1.54, 1.807) is 12.1 Å². The van der Waals surface area contributed by atoms with Crippen LogP contribution in [0.3, 0.4) is 0 Å². The first-order valence-corrected chi connectivity index (χ1v) is 5.66. The van der Waals surface area contributed by atoms with Crippen molar-refractivity contribution in [3.05, 3.63) is 35.1 Å². The van der Waals surface area contributed by atoms with Crippen LogP contribution in [-0.4, -0.2) is 16.5 Å². The standard InChI is InChI=1S/C9H5FN2OS.C2H6/c10-7-3-1-6(2-4-7)9-12-11-8(5-13)14-9;1-2/h1-5H;1-2H3. The maximum atomic E-state index is 12.6. The van der Waals surface area contributed by atoms with Gasteiger partial charge in [0, 0.05) is 5.56 Å². The molecule has 0 aliphatic heterocycles. The normalized spacial score (nSPS) is 9.19. The Labute approximate surface area is 97.0 Å². The van der Waals surface area contributed by atoms with E-state index in [2.05, 4.69) is 10.2 Å². The molecule has 0 radical (unpaired) electrons. The summed E-state index contributed by atoms with van der Waals surface area (Å²) >= 11 is 1.18. The summed E-state index contributed by atoms with van der Waals surface area (Å²) in [4.78, 5) is 10.4. The molecule has 1 aromatic carbocycles. The van der Waals surface area contributed by atoms with Gasteiger partial charge in [-0.05, 0) is 24.3 Å². The van der Waals surface area contributed by atoms with Crippen molar-refractivity contribution in [1.29, 1.82) is 0 Å². The molecule has 2 aromatic rings. The van der Waals surface area contributed by atoms with Gasteiger partial charge in [-0.3, -0.25) is 4.79 Å². The van der Waals surface area contributed by atoms with Gasteiger partial charge in [-0.1, -0.05) is 25.2 Å². The summed E-state index contributed by atoms with van der Waals surface area (Å²) in [7, 11) is 0. The van der Waals surface area contributed by atoms with E-state index < -0.39 is 0 Å². The van der Waals surface area contributed by atoms with Crippen molar-refractivity contribution in [3.8, 4) is 10.6 Å². The number of rotatable bonds is 2. The third kappa shape index (κ3) is 2.93. The number of aldehydes is 1. The lowest BCUT2D eigenvalue weighted by Gasteiger charge is -1.92. The summed E-state index contributed by atoms with van der Waals surface area (Å²) in [6.45, 7) is 4.00. The average Bonchev–Trinajstić information content (AvgIpc) is 2.81. The maximum absolute atomic E-state index is 12.6. The molecular formula is C11H11FN2OS. The first-order valence-electron chi connectivity index (χ1n) is 4.84. The Morgan fingerprint density at radius 2 is 1.81 bits per heavy atom. The highest BCUT2D eigenvalue weighted by Gasteiger charge is 2.05. The molecule has 0 bridgehead atoms. The molecule has 0 unspecified atom stereocenters. The minimum absolute atomic E-state index is 0.297. The van der Waals surface area contributed by atoms with Gasteiger partial charge in [0.25, 0.3) is 0 Å². The van der Waals surface area contributed by atoms with E-state index in [0.29, 0.717) is 16.3 Å². The quantitative estimate of drug-likeness (QED) is 0.755. The number of halogens is 1. The Bertz CT molecular complexity index is 453. The lowest BCUT2D eigenvalue weighted by molar-refractivity contribution is 0.112. The van der Waals surface area contributed by atoms with Crippen LogP contribution in [0.25, 0.3) is 10.6 Å². The number of benzene rings is 1. The molecule has 0 aliphatic carbocycles. The van der Waals surface area contributed by atoms with Gasteiger partial charge >= 0.3 is 0 Å². The highest BCUT2D eigenvalue weighted by molar-refractivity contribution is 7.16. The molecule has 0 spiro atoms. The minimum atomic E-state index is -0.297. The Balaban J connectivity index is 0.000000606. The summed E-state index contributed by atoms with van der Waals surface area (Å²) < 4.78 is 12.6. The molecule has 1 heterocycles. The Morgan fingerprint density at radius 1 is 1.19 bits per heavy atom. The number of carbonyl (C=O) groups is 1. The molecule has 84 valence electrons. The van der Waals surface area contributed by atoms with Gasteiger partial charge in [0.1, 0.15) is 10.8 Å². The van der Waals surface area contributed by atoms with Crippen LogP contribution < -0.4 is 0 Å². The van der Waals surface area contributed by atoms with E-state index in [0.717, 1.165) is 5.56 Å². The van der Waals surface area contributed by atoms with Gasteiger partial charge < -0.3 is 0 Å². The molecule has 0 fully saturated rings. The molecular weight excluding hydrogens is 227 g/mol. The first-order chi connectivity index (χ1) is 7.79. The number of hydrogen-bond acceptors (Lipinski definition) is 4. The fourth-order valence-electron chi connectivity index (χ4n) is 0.991.